The van der Waals surface area contributed by atoms with Gasteiger partial charge in [0.05, 0.1) is 16.7 Å². The lowest BCUT2D eigenvalue weighted by atomic mass is 9.96. The van der Waals surface area contributed by atoms with Gasteiger partial charge in [-0.3, -0.25) is 14.5 Å². The molecule has 1 aromatic heterocycles. The average molecular weight is 400 g/mol. The first-order valence-electron chi connectivity index (χ1n) is 9.14. The zero-order valence-corrected chi connectivity index (χ0v) is 16.1. The summed E-state index contributed by atoms with van der Waals surface area (Å²) < 4.78 is 0. The molecule has 1 saturated heterocycles. The third kappa shape index (κ3) is 4.91. The number of nitrogens with one attached hydrogen (secondary N) is 2. The number of hydrogen-bond acceptors (Lipinski definition) is 5. The van der Waals surface area contributed by atoms with Crippen LogP contribution < -0.4 is 16.6 Å². The van der Waals surface area contributed by atoms with Crippen LogP contribution in [0.5, 0.6) is 0 Å². The number of nitrogen functional groups attached to an aromatic ring is 1. The maximum Gasteiger partial charge on any atom is 0.262 e. The maximum absolute atomic E-state index is 12.3. The first-order valence-corrected chi connectivity index (χ1v) is 9.52. The molecule has 1 aliphatic rings. The number of carbonyl (C=O) groups excluding carboxylic acids is 1. The maximum atomic E-state index is 12.3. The van der Waals surface area contributed by atoms with Gasteiger partial charge in [-0.05, 0) is 55.6 Å². The number of nitriles is 1. The van der Waals surface area contributed by atoms with Crippen molar-refractivity contribution in [2.45, 2.75) is 19.4 Å². The monoisotopic (exact) mass is 399 g/mol. The van der Waals surface area contributed by atoms with Crippen LogP contribution in [0.4, 0.5) is 5.82 Å². The molecule has 2 aromatic rings. The van der Waals surface area contributed by atoms with E-state index in [1.165, 1.54) is 11.6 Å². The SMILES string of the molecule is N#Cc1ccc(CN2CCC(CNC(=O)c3cc(Cl)c(N)[nH]c3=O)CC2)cc1. The van der Waals surface area contributed by atoms with Crippen LogP contribution in [0, 0.1) is 17.2 Å². The molecular weight excluding hydrogens is 378 g/mol. The highest BCUT2D eigenvalue weighted by molar-refractivity contribution is 6.33. The first kappa shape index (κ1) is 19.9. The number of pyridine rings is 1. The predicted molar refractivity (Wildman–Crippen MR) is 108 cm³/mol. The standard InChI is InChI=1S/C20H22ClN5O2/c21-17-9-16(20(28)25-18(17)23)19(27)24-11-14-5-7-26(8-6-14)12-15-3-1-13(10-22)2-4-15/h1-4,9,14H,5-8,11-12H2,(H,24,27)(H3,23,25,28). The van der Waals surface area contributed by atoms with Gasteiger partial charge in [-0.15, -0.1) is 0 Å². The van der Waals surface area contributed by atoms with E-state index < -0.39 is 11.5 Å². The van der Waals surface area contributed by atoms with E-state index >= 15 is 0 Å². The number of aromatic nitrogens is 1. The second-order valence-electron chi connectivity index (χ2n) is 7.01. The number of aromatic amines is 1. The van der Waals surface area contributed by atoms with E-state index in [2.05, 4.69) is 21.3 Å². The van der Waals surface area contributed by atoms with Gasteiger partial charge in [-0.2, -0.15) is 5.26 Å². The Morgan fingerprint density at radius 2 is 2.00 bits per heavy atom. The number of H-pyrrole nitrogens is 1. The molecule has 2 heterocycles. The normalized spacial score (nSPS) is 15.1. The van der Waals surface area contributed by atoms with E-state index in [-0.39, 0.29) is 16.4 Å². The van der Waals surface area contributed by atoms with E-state index in [0.717, 1.165) is 32.5 Å². The Labute approximate surface area is 168 Å². The number of piperidine rings is 1. The molecule has 1 aliphatic heterocycles. The van der Waals surface area contributed by atoms with E-state index in [0.29, 0.717) is 18.0 Å². The van der Waals surface area contributed by atoms with Crippen molar-refractivity contribution in [3.63, 3.8) is 0 Å². The van der Waals surface area contributed by atoms with Crippen LogP contribution in [-0.4, -0.2) is 35.4 Å². The molecule has 0 unspecified atom stereocenters. The van der Waals surface area contributed by atoms with Crippen molar-refractivity contribution in [3.8, 4) is 6.07 Å². The summed E-state index contributed by atoms with van der Waals surface area (Å²) in [5.74, 6) is -0.0227. The summed E-state index contributed by atoms with van der Waals surface area (Å²) in [5.41, 5.74) is 6.80. The number of likely N-dealkylation sites (tertiary alicyclic amines) is 1. The third-order valence-corrected chi connectivity index (χ3v) is 5.33. The number of rotatable bonds is 5. The average Bonchev–Trinajstić information content (AvgIpc) is 2.70. The van der Waals surface area contributed by atoms with Crippen molar-refractivity contribution >= 4 is 23.3 Å². The van der Waals surface area contributed by atoms with Crippen molar-refractivity contribution in [2.75, 3.05) is 25.4 Å². The second-order valence-corrected chi connectivity index (χ2v) is 7.42. The van der Waals surface area contributed by atoms with E-state index in [1.807, 2.05) is 24.3 Å². The van der Waals surface area contributed by atoms with Crippen LogP contribution in [0.2, 0.25) is 5.02 Å². The molecule has 146 valence electrons. The molecule has 1 aromatic carbocycles. The molecule has 3 rings (SSSR count). The number of benzene rings is 1. The third-order valence-electron chi connectivity index (χ3n) is 5.01. The van der Waals surface area contributed by atoms with Crippen LogP contribution in [-0.2, 0) is 6.54 Å². The molecule has 0 saturated carbocycles. The lowest BCUT2D eigenvalue weighted by Gasteiger charge is -2.32. The van der Waals surface area contributed by atoms with Crippen molar-refractivity contribution in [3.05, 3.63) is 62.4 Å². The summed E-state index contributed by atoms with van der Waals surface area (Å²) in [6, 6.07) is 11.1. The van der Waals surface area contributed by atoms with Crippen LogP contribution in [0.15, 0.2) is 35.1 Å². The number of carbonyl (C=O) groups is 1. The Morgan fingerprint density at radius 3 is 2.64 bits per heavy atom. The fourth-order valence-corrected chi connectivity index (χ4v) is 3.47. The minimum atomic E-state index is -0.545. The Balaban J connectivity index is 1.46. The molecule has 28 heavy (non-hydrogen) atoms. The Bertz CT molecular complexity index is 941. The fourth-order valence-electron chi connectivity index (χ4n) is 3.31. The lowest BCUT2D eigenvalue weighted by Crippen LogP contribution is -2.39. The number of hydrogen-bond donors (Lipinski definition) is 3. The number of halogens is 1. The van der Waals surface area contributed by atoms with Gasteiger partial charge in [0.25, 0.3) is 11.5 Å². The Kier molecular flexibility index (Phi) is 6.34. The molecule has 0 spiro atoms. The predicted octanol–water partition coefficient (Wildman–Crippen LogP) is 2.12. The van der Waals surface area contributed by atoms with Gasteiger partial charge in [0.2, 0.25) is 0 Å². The molecule has 0 atom stereocenters. The van der Waals surface area contributed by atoms with Crippen LogP contribution in [0.1, 0.15) is 34.3 Å². The molecule has 8 heteroatoms. The lowest BCUT2D eigenvalue weighted by molar-refractivity contribution is 0.0933. The molecule has 1 fully saturated rings. The molecule has 0 aliphatic carbocycles. The van der Waals surface area contributed by atoms with Gasteiger partial charge in [0.15, 0.2) is 0 Å². The number of amides is 1. The smallest absolute Gasteiger partial charge is 0.262 e. The van der Waals surface area contributed by atoms with Crippen LogP contribution in [0.3, 0.4) is 0 Å². The van der Waals surface area contributed by atoms with Gasteiger partial charge in [-0.25, -0.2) is 0 Å². The first-order chi connectivity index (χ1) is 13.5. The topological polar surface area (TPSA) is 115 Å². The van der Waals surface area contributed by atoms with Gasteiger partial charge in [-0.1, -0.05) is 23.7 Å². The van der Waals surface area contributed by atoms with Gasteiger partial charge < -0.3 is 16.0 Å². The number of nitrogens with two attached hydrogens (primary N) is 1. The van der Waals surface area contributed by atoms with E-state index in [1.54, 1.807) is 0 Å². The summed E-state index contributed by atoms with van der Waals surface area (Å²) in [5, 5.41) is 11.8. The zero-order chi connectivity index (χ0) is 20.1. The summed E-state index contributed by atoms with van der Waals surface area (Å²) >= 11 is 5.88. The van der Waals surface area contributed by atoms with E-state index in [4.69, 9.17) is 22.6 Å². The second kappa shape index (κ2) is 8.91. The Hall–Kier alpha value is -2.82. The minimum absolute atomic E-state index is 0.0301. The summed E-state index contributed by atoms with van der Waals surface area (Å²) in [6.45, 7) is 3.25. The number of anilines is 1. The summed E-state index contributed by atoms with van der Waals surface area (Å²) in [6.07, 6.45) is 1.94. The van der Waals surface area contributed by atoms with Gasteiger partial charge in [0.1, 0.15) is 11.4 Å². The highest BCUT2D eigenvalue weighted by Crippen LogP contribution is 2.19. The fraction of sp³-hybridized carbons (Fsp3) is 0.350. The van der Waals surface area contributed by atoms with Crippen LogP contribution >= 0.6 is 11.6 Å². The zero-order valence-electron chi connectivity index (χ0n) is 15.4. The molecule has 0 radical (unpaired) electrons. The molecule has 4 N–H and O–H groups in total. The Morgan fingerprint density at radius 1 is 1.32 bits per heavy atom. The summed E-state index contributed by atoms with van der Waals surface area (Å²) in [7, 11) is 0. The van der Waals surface area contributed by atoms with Crippen LogP contribution in [0.25, 0.3) is 0 Å². The van der Waals surface area contributed by atoms with Gasteiger partial charge >= 0.3 is 0 Å². The van der Waals surface area contributed by atoms with Crippen molar-refractivity contribution in [1.82, 2.24) is 15.2 Å². The van der Waals surface area contributed by atoms with E-state index in [9.17, 15) is 9.59 Å². The largest absolute Gasteiger partial charge is 0.384 e. The van der Waals surface area contributed by atoms with Crippen molar-refractivity contribution in [2.24, 2.45) is 5.92 Å². The molecule has 7 nitrogen and oxygen atoms in total. The van der Waals surface area contributed by atoms with Crippen molar-refractivity contribution in [1.29, 1.82) is 5.26 Å². The molecule has 1 amide bonds. The number of nitrogens with zero attached hydrogens (tertiary/aromatic N) is 2. The quantitative estimate of drug-likeness (QED) is 0.712. The molecular formula is C20H22ClN5O2. The highest BCUT2D eigenvalue weighted by atomic mass is 35.5. The minimum Gasteiger partial charge on any atom is -0.384 e. The molecule has 0 bridgehead atoms. The van der Waals surface area contributed by atoms with Gasteiger partial charge in [0, 0.05) is 13.1 Å². The summed E-state index contributed by atoms with van der Waals surface area (Å²) in [4.78, 5) is 28.9. The van der Waals surface area contributed by atoms with Crippen molar-refractivity contribution < 1.29 is 4.79 Å². The highest BCUT2D eigenvalue weighted by Gasteiger charge is 2.21.